The average Bonchev–Trinajstić information content (AvgIpc) is 2.51. The third-order valence-corrected chi connectivity index (χ3v) is 2.51. The van der Waals surface area contributed by atoms with Gasteiger partial charge >= 0.3 is 13.6 Å². The van der Waals surface area contributed by atoms with E-state index in [1.165, 1.54) is 0 Å². The topological polar surface area (TPSA) is 150 Å². The summed E-state index contributed by atoms with van der Waals surface area (Å²) in [4.78, 5) is 33.8. The summed E-state index contributed by atoms with van der Waals surface area (Å²) >= 11 is 0. The summed E-state index contributed by atoms with van der Waals surface area (Å²) in [6, 6.07) is -1.15. The van der Waals surface area contributed by atoms with E-state index >= 15 is 0 Å². The second-order valence-electron chi connectivity index (χ2n) is 2.91. The Balaban J connectivity index is 2.78. The number of hydrogen-bond donors (Lipinski definition) is 5. The fourth-order valence-electron chi connectivity index (χ4n) is 0.899. The van der Waals surface area contributed by atoms with Gasteiger partial charge in [0.15, 0.2) is 0 Å². The Morgan fingerprint density at radius 3 is 2.67 bits per heavy atom. The van der Waals surface area contributed by atoms with Crippen molar-refractivity contribution in [2.45, 2.75) is 12.5 Å². The van der Waals surface area contributed by atoms with Crippen LogP contribution < -0.4 is 11.2 Å². The van der Waals surface area contributed by atoms with Crippen molar-refractivity contribution in [1.29, 1.82) is 0 Å². The minimum absolute atomic E-state index is 0.116. The molecule has 0 aliphatic rings. The lowest BCUT2D eigenvalue weighted by atomic mass is 10.2. The van der Waals surface area contributed by atoms with Crippen molar-refractivity contribution in [1.82, 2.24) is 9.97 Å². The number of carboxylic acid groups (broad SMARTS) is 1. The van der Waals surface area contributed by atoms with Gasteiger partial charge in [0.2, 0.25) is 0 Å². The molecule has 0 radical (unpaired) electrons. The van der Waals surface area contributed by atoms with Gasteiger partial charge < -0.3 is 25.6 Å². The zero-order valence-corrected chi connectivity index (χ0v) is 8.39. The van der Waals surface area contributed by atoms with Gasteiger partial charge in [0, 0.05) is 6.42 Å². The van der Waals surface area contributed by atoms with Crippen LogP contribution in [0.15, 0.2) is 6.20 Å². The molecule has 1 heterocycles. The molecule has 1 aromatic heterocycles. The van der Waals surface area contributed by atoms with E-state index in [1.54, 1.807) is 0 Å². The fourth-order valence-corrected chi connectivity index (χ4v) is 1.38. The molecule has 0 amide bonds. The third-order valence-electron chi connectivity index (χ3n) is 1.66. The van der Waals surface area contributed by atoms with Crippen molar-refractivity contribution in [3.63, 3.8) is 0 Å². The van der Waals surface area contributed by atoms with Crippen LogP contribution in [0.2, 0.25) is 0 Å². The number of aromatic nitrogens is 2. The Morgan fingerprint density at radius 1 is 1.67 bits per heavy atom. The van der Waals surface area contributed by atoms with Crippen molar-refractivity contribution < 1.29 is 24.3 Å². The summed E-state index contributed by atoms with van der Waals surface area (Å²) in [6.07, 6.45) is 0.847. The van der Waals surface area contributed by atoms with Crippen LogP contribution in [-0.4, -0.2) is 36.9 Å². The van der Waals surface area contributed by atoms with Crippen molar-refractivity contribution >= 4 is 19.0 Å². The Hall–Kier alpha value is -1.21. The molecule has 15 heavy (non-hydrogen) atoms. The fraction of sp³-hybridized carbons (Fsp3) is 0.333. The highest BCUT2D eigenvalue weighted by Gasteiger charge is 2.21. The second-order valence-corrected chi connectivity index (χ2v) is 4.48. The molecular formula is C6H10N3O5P. The number of imidazole rings is 1. The maximum Gasteiger partial charge on any atom is 0.373 e. The highest BCUT2D eigenvalue weighted by molar-refractivity contribution is 7.60. The number of nitrogens with one attached hydrogen (secondary N) is 1. The minimum atomic E-state index is -4.37. The lowest BCUT2D eigenvalue weighted by molar-refractivity contribution is -0.138. The number of aromatic amines is 1. The summed E-state index contributed by atoms with van der Waals surface area (Å²) in [7, 11) is -4.37. The zero-order chi connectivity index (χ0) is 11.6. The van der Waals surface area contributed by atoms with E-state index in [0.29, 0.717) is 0 Å². The number of nitrogens with zero attached hydrogens (tertiary/aromatic N) is 1. The highest BCUT2D eigenvalue weighted by atomic mass is 31.2. The number of H-pyrrole nitrogens is 1. The molecule has 0 saturated heterocycles. The van der Waals surface area contributed by atoms with E-state index in [9.17, 15) is 9.36 Å². The van der Waals surface area contributed by atoms with Crippen LogP contribution >= 0.6 is 7.60 Å². The molecule has 0 saturated carbocycles. The Morgan fingerprint density at radius 2 is 2.27 bits per heavy atom. The van der Waals surface area contributed by atoms with Crippen molar-refractivity contribution in [3.8, 4) is 0 Å². The Bertz CT molecular complexity index is 411. The number of nitrogens with two attached hydrogens (primary N) is 1. The molecule has 0 bridgehead atoms. The Labute approximate surface area is 84.3 Å². The first-order chi connectivity index (χ1) is 6.80. The molecule has 0 aliphatic carbocycles. The lowest BCUT2D eigenvalue weighted by Gasteiger charge is -2.02. The van der Waals surface area contributed by atoms with Crippen LogP contribution in [0, 0.1) is 0 Å². The van der Waals surface area contributed by atoms with E-state index in [0.717, 1.165) is 6.20 Å². The van der Waals surface area contributed by atoms with Crippen molar-refractivity contribution in [2.24, 2.45) is 5.73 Å². The molecule has 0 aliphatic heterocycles. The van der Waals surface area contributed by atoms with E-state index in [-0.39, 0.29) is 17.7 Å². The highest BCUT2D eigenvalue weighted by Crippen LogP contribution is 2.31. The predicted molar refractivity (Wildman–Crippen MR) is 49.6 cm³/mol. The monoisotopic (exact) mass is 235 g/mol. The van der Waals surface area contributed by atoms with Gasteiger partial charge in [-0.15, -0.1) is 0 Å². The summed E-state index contributed by atoms with van der Waals surface area (Å²) in [6.45, 7) is 0. The molecule has 1 atom stereocenters. The van der Waals surface area contributed by atoms with E-state index < -0.39 is 19.6 Å². The van der Waals surface area contributed by atoms with Crippen LogP contribution in [0.4, 0.5) is 0 Å². The number of carbonyl (C=O) groups is 1. The summed E-state index contributed by atoms with van der Waals surface area (Å²) < 4.78 is 10.7. The SMILES string of the molecule is N[C@@H](Cc1ncc(P(=O)(O)O)[nH]1)C(=O)O. The number of rotatable bonds is 4. The second kappa shape index (κ2) is 4.11. The van der Waals surface area contributed by atoms with Crippen LogP contribution in [0.1, 0.15) is 5.82 Å². The van der Waals surface area contributed by atoms with Crippen LogP contribution in [0.25, 0.3) is 0 Å². The van der Waals surface area contributed by atoms with Crippen LogP contribution in [0.3, 0.4) is 0 Å². The zero-order valence-electron chi connectivity index (χ0n) is 7.49. The van der Waals surface area contributed by atoms with Gasteiger partial charge in [-0.2, -0.15) is 0 Å². The van der Waals surface area contributed by atoms with Crippen LogP contribution in [0.5, 0.6) is 0 Å². The van der Waals surface area contributed by atoms with Gasteiger partial charge in [0.05, 0.1) is 6.20 Å². The van der Waals surface area contributed by atoms with Gasteiger partial charge in [-0.05, 0) is 0 Å². The van der Waals surface area contributed by atoms with Gasteiger partial charge in [0.25, 0.3) is 0 Å². The number of aliphatic carboxylic acids is 1. The average molecular weight is 235 g/mol. The minimum Gasteiger partial charge on any atom is -0.480 e. The lowest BCUT2D eigenvalue weighted by Crippen LogP contribution is -2.32. The third kappa shape index (κ3) is 3.14. The van der Waals surface area contributed by atoms with Gasteiger partial charge in [-0.25, -0.2) is 4.98 Å². The molecule has 0 aromatic carbocycles. The van der Waals surface area contributed by atoms with Gasteiger partial charge in [-0.1, -0.05) is 0 Å². The molecular weight excluding hydrogens is 225 g/mol. The largest absolute Gasteiger partial charge is 0.480 e. The molecule has 1 rings (SSSR count). The van der Waals surface area contributed by atoms with Crippen molar-refractivity contribution in [3.05, 3.63) is 12.0 Å². The van der Waals surface area contributed by atoms with Crippen molar-refractivity contribution in [2.75, 3.05) is 0 Å². The molecule has 1 aromatic rings. The molecule has 0 unspecified atom stereocenters. The number of hydrogen-bond acceptors (Lipinski definition) is 4. The summed E-state index contributed by atoms with van der Waals surface area (Å²) in [5.41, 5.74) is 4.86. The molecule has 84 valence electrons. The molecule has 6 N–H and O–H groups in total. The Kier molecular flexibility index (Phi) is 3.25. The van der Waals surface area contributed by atoms with E-state index in [1.807, 2.05) is 0 Å². The first-order valence-corrected chi connectivity index (χ1v) is 5.50. The first-order valence-electron chi connectivity index (χ1n) is 3.89. The van der Waals surface area contributed by atoms with Crippen LogP contribution in [-0.2, 0) is 15.8 Å². The summed E-state index contributed by atoms with van der Waals surface area (Å²) in [5.74, 6) is -1.08. The maximum atomic E-state index is 10.7. The summed E-state index contributed by atoms with van der Waals surface area (Å²) in [5, 5.41) is 8.49. The number of carboxylic acids is 1. The maximum absolute atomic E-state index is 10.7. The normalized spacial score (nSPS) is 13.8. The van der Waals surface area contributed by atoms with Gasteiger partial charge in [0.1, 0.15) is 17.3 Å². The van der Waals surface area contributed by atoms with E-state index in [4.69, 9.17) is 20.6 Å². The predicted octanol–water partition coefficient (Wildman–Crippen LogP) is -1.83. The quantitative estimate of drug-likeness (QED) is 0.385. The van der Waals surface area contributed by atoms with E-state index in [2.05, 4.69) is 9.97 Å². The smallest absolute Gasteiger partial charge is 0.373 e. The molecule has 8 nitrogen and oxygen atoms in total. The molecule has 0 fully saturated rings. The molecule has 0 spiro atoms. The first kappa shape index (κ1) is 11.9. The van der Waals surface area contributed by atoms with Gasteiger partial charge in [-0.3, -0.25) is 9.36 Å². The molecule has 9 heteroatoms. The standard InChI is InChI=1S/C6H10N3O5P/c7-3(6(10)11)1-4-8-2-5(9-4)15(12,13)14/h2-3H,1,7H2,(H,8,9)(H,10,11)(H2,12,13,14)/t3-/m0/s1.